The Morgan fingerprint density at radius 2 is 2.45 bits per heavy atom. The highest BCUT2D eigenvalue weighted by Gasteiger charge is 2.43. The summed E-state index contributed by atoms with van der Waals surface area (Å²) in [7, 11) is 5.10. The number of fused-ring (bicyclic) bond motifs is 1. The zero-order valence-electron chi connectivity index (χ0n) is 5.98. The van der Waals surface area contributed by atoms with Crippen LogP contribution in [0.3, 0.4) is 0 Å². The van der Waals surface area contributed by atoms with Gasteiger partial charge in [0.25, 0.3) is 0 Å². The third kappa shape index (κ3) is 0.913. The molecule has 3 nitrogen and oxygen atoms in total. The molecule has 0 spiro atoms. The Morgan fingerprint density at radius 1 is 1.73 bits per heavy atom. The zero-order valence-corrected chi connectivity index (χ0v) is 7.61. The number of nitrogens with two attached hydrogens (primary N) is 1. The second-order valence-corrected chi connectivity index (χ2v) is 4.86. The molecular formula is C6H8N2OS2. The standard InChI is InChI=1S/C6H8N2OS2/c1-8-3-2-10-11-5(3)4(7)6(8)9/h2,4-5H,7H2,1H3. The third-order valence-corrected chi connectivity index (χ3v) is 4.38. The summed E-state index contributed by atoms with van der Waals surface area (Å²) in [4.78, 5) is 12.9. The van der Waals surface area contributed by atoms with E-state index in [1.165, 1.54) is 0 Å². The van der Waals surface area contributed by atoms with Crippen molar-refractivity contribution in [3.8, 4) is 0 Å². The average molecular weight is 188 g/mol. The molecular weight excluding hydrogens is 180 g/mol. The van der Waals surface area contributed by atoms with Crippen molar-refractivity contribution in [1.29, 1.82) is 0 Å². The fraction of sp³-hybridized carbons (Fsp3) is 0.500. The lowest BCUT2D eigenvalue weighted by Gasteiger charge is -2.07. The molecule has 2 heterocycles. The fourth-order valence-corrected chi connectivity index (χ4v) is 3.95. The van der Waals surface area contributed by atoms with Crippen LogP contribution in [0.4, 0.5) is 0 Å². The summed E-state index contributed by atoms with van der Waals surface area (Å²) >= 11 is 0. The molecule has 0 saturated carbocycles. The first-order chi connectivity index (χ1) is 5.22. The van der Waals surface area contributed by atoms with Crippen molar-refractivity contribution in [3.05, 3.63) is 11.1 Å². The Labute approximate surface area is 72.8 Å². The zero-order chi connectivity index (χ0) is 8.01. The summed E-state index contributed by atoms with van der Waals surface area (Å²) in [5.41, 5.74) is 6.75. The summed E-state index contributed by atoms with van der Waals surface area (Å²) in [5, 5.41) is 2.19. The minimum absolute atomic E-state index is 0.0362. The van der Waals surface area contributed by atoms with E-state index < -0.39 is 0 Å². The van der Waals surface area contributed by atoms with E-state index in [1.807, 2.05) is 5.41 Å². The Bertz CT molecular complexity index is 241. The SMILES string of the molecule is CN1C(=O)C(N)C2SSC=C21. The Hall–Kier alpha value is -0.130. The number of amides is 1. The van der Waals surface area contributed by atoms with Gasteiger partial charge in [0.2, 0.25) is 5.91 Å². The van der Waals surface area contributed by atoms with E-state index in [1.54, 1.807) is 33.5 Å². The molecule has 60 valence electrons. The number of nitrogens with zero attached hydrogens (tertiary/aromatic N) is 1. The number of carbonyl (C=O) groups is 1. The van der Waals surface area contributed by atoms with Crippen LogP contribution in [0.25, 0.3) is 0 Å². The van der Waals surface area contributed by atoms with Crippen LogP contribution in [-0.2, 0) is 4.79 Å². The van der Waals surface area contributed by atoms with Gasteiger partial charge < -0.3 is 10.6 Å². The molecule has 2 atom stereocenters. The molecule has 5 heteroatoms. The molecule has 0 aliphatic carbocycles. The van der Waals surface area contributed by atoms with Crippen LogP contribution in [0, 0.1) is 0 Å². The summed E-state index contributed by atoms with van der Waals surface area (Å²) in [6.07, 6.45) is 0. The van der Waals surface area contributed by atoms with Gasteiger partial charge in [0, 0.05) is 18.2 Å². The van der Waals surface area contributed by atoms with Gasteiger partial charge in [-0.1, -0.05) is 21.6 Å². The van der Waals surface area contributed by atoms with Crippen LogP contribution in [0.5, 0.6) is 0 Å². The van der Waals surface area contributed by atoms with Crippen LogP contribution in [-0.4, -0.2) is 29.1 Å². The highest BCUT2D eigenvalue weighted by Crippen LogP contribution is 2.46. The molecule has 0 aromatic heterocycles. The number of hydrogen-bond donors (Lipinski definition) is 1. The van der Waals surface area contributed by atoms with Crippen LogP contribution < -0.4 is 5.73 Å². The second-order valence-electron chi connectivity index (χ2n) is 2.58. The lowest BCUT2D eigenvalue weighted by molar-refractivity contribution is -0.126. The Balaban J connectivity index is 2.35. The molecule has 2 aliphatic heterocycles. The third-order valence-electron chi connectivity index (χ3n) is 1.95. The monoisotopic (exact) mass is 188 g/mol. The van der Waals surface area contributed by atoms with Gasteiger partial charge in [0.15, 0.2) is 0 Å². The van der Waals surface area contributed by atoms with Crippen molar-refractivity contribution in [1.82, 2.24) is 4.90 Å². The maximum atomic E-state index is 11.3. The van der Waals surface area contributed by atoms with Crippen molar-refractivity contribution in [2.75, 3.05) is 7.05 Å². The van der Waals surface area contributed by atoms with E-state index in [0.717, 1.165) is 5.70 Å². The van der Waals surface area contributed by atoms with Crippen LogP contribution >= 0.6 is 21.6 Å². The van der Waals surface area contributed by atoms with Crippen LogP contribution in [0.15, 0.2) is 11.1 Å². The molecule has 2 aliphatic rings. The molecule has 1 fully saturated rings. The van der Waals surface area contributed by atoms with Gasteiger partial charge in [-0.3, -0.25) is 4.79 Å². The second kappa shape index (κ2) is 2.43. The van der Waals surface area contributed by atoms with Crippen LogP contribution in [0.1, 0.15) is 0 Å². The number of likely N-dealkylation sites (tertiary alicyclic amines) is 1. The summed E-state index contributed by atoms with van der Waals surface area (Å²) in [5.74, 6) is 0.0362. The number of likely N-dealkylation sites (N-methyl/N-ethyl adjacent to an activating group) is 1. The van der Waals surface area contributed by atoms with Crippen LogP contribution in [0.2, 0.25) is 0 Å². The van der Waals surface area contributed by atoms with Gasteiger partial charge in [-0.15, -0.1) is 0 Å². The summed E-state index contributed by atoms with van der Waals surface area (Å²) < 4.78 is 0. The van der Waals surface area contributed by atoms with Gasteiger partial charge in [-0.25, -0.2) is 0 Å². The van der Waals surface area contributed by atoms with Crippen molar-refractivity contribution in [2.45, 2.75) is 11.3 Å². The van der Waals surface area contributed by atoms with E-state index in [4.69, 9.17) is 5.73 Å². The minimum atomic E-state index is -0.328. The van der Waals surface area contributed by atoms with Crippen molar-refractivity contribution in [3.63, 3.8) is 0 Å². The van der Waals surface area contributed by atoms with Gasteiger partial charge >= 0.3 is 0 Å². The quantitative estimate of drug-likeness (QED) is 0.559. The van der Waals surface area contributed by atoms with Crippen molar-refractivity contribution >= 4 is 27.5 Å². The van der Waals surface area contributed by atoms with E-state index in [9.17, 15) is 4.79 Å². The first-order valence-electron chi connectivity index (χ1n) is 3.27. The molecule has 0 aromatic rings. The highest BCUT2D eigenvalue weighted by molar-refractivity contribution is 8.78. The molecule has 1 amide bonds. The molecule has 2 rings (SSSR count). The highest BCUT2D eigenvalue weighted by atomic mass is 33.1. The smallest absolute Gasteiger partial charge is 0.245 e. The molecule has 11 heavy (non-hydrogen) atoms. The molecule has 2 unspecified atom stereocenters. The number of hydrogen-bond acceptors (Lipinski definition) is 4. The lowest BCUT2D eigenvalue weighted by atomic mass is 10.2. The number of rotatable bonds is 0. The maximum Gasteiger partial charge on any atom is 0.245 e. The predicted octanol–water partition coefficient (Wildman–Crippen LogP) is 0.391. The van der Waals surface area contributed by atoms with E-state index >= 15 is 0 Å². The Morgan fingerprint density at radius 3 is 3.09 bits per heavy atom. The van der Waals surface area contributed by atoms with Gasteiger partial charge in [-0.2, -0.15) is 0 Å². The van der Waals surface area contributed by atoms with Gasteiger partial charge in [0.05, 0.1) is 5.25 Å². The predicted molar refractivity (Wildman–Crippen MR) is 47.8 cm³/mol. The molecule has 0 bridgehead atoms. The molecule has 1 saturated heterocycles. The normalized spacial score (nSPS) is 36.0. The Kier molecular flexibility index (Phi) is 1.66. The molecule has 0 radical (unpaired) electrons. The summed E-state index contributed by atoms with van der Waals surface area (Å²) in [6, 6.07) is -0.328. The van der Waals surface area contributed by atoms with E-state index in [0.29, 0.717) is 0 Å². The van der Waals surface area contributed by atoms with E-state index in [-0.39, 0.29) is 17.2 Å². The van der Waals surface area contributed by atoms with Gasteiger partial charge in [-0.05, 0) is 0 Å². The lowest BCUT2D eigenvalue weighted by Crippen LogP contribution is -2.35. The first-order valence-corrected chi connectivity index (χ1v) is 5.55. The van der Waals surface area contributed by atoms with E-state index in [2.05, 4.69) is 0 Å². The minimum Gasteiger partial charge on any atom is -0.319 e. The van der Waals surface area contributed by atoms with Crippen molar-refractivity contribution < 1.29 is 4.79 Å². The first kappa shape index (κ1) is 7.52. The fourth-order valence-electron chi connectivity index (χ4n) is 1.25. The molecule has 0 aromatic carbocycles. The summed E-state index contributed by atoms with van der Waals surface area (Å²) in [6.45, 7) is 0. The molecule has 2 N–H and O–H groups in total. The number of carbonyl (C=O) groups excluding carboxylic acids is 1. The topological polar surface area (TPSA) is 46.3 Å². The maximum absolute atomic E-state index is 11.3. The largest absolute Gasteiger partial charge is 0.319 e. The average Bonchev–Trinajstić information content (AvgIpc) is 2.53. The van der Waals surface area contributed by atoms with Crippen molar-refractivity contribution in [2.24, 2.45) is 5.73 Å². The van der Waals surface area contributed by atoms with Gasteiger partial charge in [0.1, 0.15) is 6.04 Å².